The minimum Gasteiger partial charge on any atom is -0.301 e. The summed E-state index contributed by atoms with van der Waals surface area (Å²) in [5.41, 5.74) is -0.212. The van der Waals surface area contributed by atoms with Gasteiger partial charge in [0.05, 0.1) is 6.04 Å². The molecular formula is C20H16F6N2O2. The van der Waals surface area contributed by atoms with Gasteiger partial charge in [-0.3, -0.25) is 14.5 Å². The van der Waals surface area contributed by atoms with Gasteiger partial charge in [0.25, 0.3) is 0 Å². The summed E-state index contributed by atoms with van der Waals surface area (Å²) in [4.78, 5) is 25.3. The van der Waals surface area contributed by atoms with Gasteiger partial charge in [0.15, 0.2) is 0 Å². The number of benzene rings is 2. The summed E-state index contributed by atoms with van der Waals surface area (Å²) >= 11 is 0. The van der Waals surface area contributed by atoms with E-state index in [-0.39, 0.29) is 23.4 Å². The molecule has 30 heavy (non-hydrogen) atoms. The molecule has 0 saturated heterocycles. The van der Waals surface area contributed by atoms with E-state index in [1.54, 1.807) is 6.07 Å². The number of hydrogen-bond acceptors (Lipinski definition) is 2. The first-order valence-electron chi connectivity index (χ1n) is 8.87. The fourth-order valence-electron chi connectivity index (χ4n) is 3.64. The quantitative estimate of drug-likeness (QED) is 0.629. The average molecular weight is 430 g/mol. The zero-order valence-corrected chi connectivity index (χ0v) is 15.5. The zero-order valence-electron chi connectivity index (χ0n) is 15.5. The first kappa shape index (κ1) is 21.7. The largest absolute Gasteiger partial charge is 0.471 e. The van der Waals surface area contributed by atoms with Crippen LogP contribution in [0.1, 0.15) is 24.9 Å². The SMILES string of the molecule is C[C@H]1C[C@H](N(C(=O)C(F)(F)F)c2ccccc2)c2ccccc2N1C(=O)C(F)(F)F. The van der Waals surface area contributed by atoms with Crippen molar-refractivity contribution >= 4 is 23.2 Å². The molecule has 0 aromatic heterocycles. The topological polar surface area (TPSA) is 40.6 Å². The highest BCUT2D eigenvalue weighted by molar-refractivity contribution is 6.01. The molecule has 2 amide bonds. The van der Waals surface area contributed by atoms with Crippen LogP contribution in [0.3, 0.4) is 0 Å². The van der Waals surface area contributed by atoms with Crippen molar-refractivity contribution in [3.8, 4) is 0 Å². The Labute approximate surface area is 167 Å². The lowest BCUT2D eigenvalue weighted by Crippen LogP contribution is -2.53. The number of hydrogen-bond donors (Lipinski definition) is 0. The third-order valence-electron chi connectivity index (χ3n) is 4.83. The monoisotopic (exact) mass is 430 g/mol. The molecule has 2 aromatic rings. The second-order valence-corrected chi connectivity index (χ2v) is 6.84. The van der Waals surface area contributed by atoms with E-state index in [4.69, 9.17) is 0 Å². The molecule has 1 heterocycles. The highest BCUT2D eigenvalue weighted by atomic mass is 19.4. The predicted molar refractivity (Wildman–Crippen MR) is 96.8 cm³/mol. The minimum atomic E-state index is -5.20. The highest BCUT2D eigenvalue weighted by Crippen LogP contribution is 2.44. The van der Waals surface area contributed by atoms with Gasteiger partial charge in [0.1, 0.15) is 0 Å². The number of fused-ring (bicyclic) bond motifs is 1. The van der Waals surface area contributed by atoms with E-state index >= 15 is 0 Å². The number of rotatable bonds is 2. The number of anilines is 2. The summed E-state index contributed by atoms with van der Waals surface area (Å²) in [6.45, 7) is 1.30. The van der Waals surface area contributed by atoms with Crippen molar-refractivity contribution in [2.45, 2.75) is 37.8 Å². The van der Waals surface area contributed by atoms with Gasteiger partial charge >= 0.3 is 24.2 Å². The smallest absolute Gasteiger partial charge is 0.301 e. The minimum absolute atomic E-state index is 0.0228. The summed E-state index contributed by atoms with van der Waals surface area (Å²) in [6.07, 6.45) is -10.7. The summed E-state index contributed by atoms with van der Waals surface area (Å²) in [6, 6.07) is 10.1. The van der Waals surface area contributed by atoms with Crippen molar-refractivity contribution in [2.24, 2.45) is 0 Å². The molecule has 0 bridgehead atoms. The number of para-hydroxylation sites is 2. The van der Waals surface area contributed by atoms with Crippen LogP contribution in [-0.4, -0.2) is 30.2 Å². The van der Waals surface area contributed by atoms with Crippen molar-refractivity contribution in [3.63, 3.8) is 0 Å². The first-order valence-corrected chi connectivity index (χ1v) is 8.87. The molecular weight excluding hydrogens is 414 g/mol. The lowest BCUT2D eigenvalue weighted by molar-refractivity contribution is -0.171. The molecule has 1 aliphatic rings. The summed E-state index contributed by atoms with van der Waals surface area (Å²) < 4.78 is 79.4. The van der Waals surface area contributed by atoms with Gasteiger partial charge in [0, 0.05) is 17.4 Å². The molecule has 160 valence electrons. The van der Waals surface area contributed by atoms with Crippen LogP contribution in [0.5, 0.6) is 0 Å². The lowest BCUT2D eigenvalue weighted by Gasteiger charge is -2.43. The summed E-state index contributed by atoms with van der Waals surface area (Å²) in [7, 11) is 0. The predicted octanol–water partition coefficient (Wildman–Crippen LogP) is 5.01. The van der Waals surface area contributed by atoms with E-state index in [0.717, 1.165) is 0 Å². The maximum Gasteiger partial charge on any atom is 0.471 e. The summed E-state index contributed by atoms with van der Waals surface area (Å²) in [5.74, 6) is -4.26. The highest BCUT2D eigenvalue weighted by Gasteiger charge is 2.51. The van der Waals surface area contributed by atoms with Gasteiger partial charge in [-0.25, -0.2) is 0 Å². The molecule has 0 unspecified atom stereocenters. The average Bonchev–Trinajstić information content (AvgIpc) is 2.67. The van der Waals surface area contributed by atoms with Crippen LogP contribution >= 0.6 is 0 Å². The standard InChI is InChI=1S/C20H16F6N2O2/c1-12-11-16(28(18(30)20(24,25)26)13-7-3-2-4-8-13)14-9-5-6-10-15(14)27(12)17(29)19(21,22)23/h2-10,12,16H,11H2,1H3/t12-,16-/m0/s1. The van der Waals surface area contributed by atoms with Gasteiger partial charge in [-0.1, -0.05) is 36.4 Å². The Balaban J connectivity index is 2.16. The van der Waals surface area contributed by atoms with E-state index in [2.05, 4.69) is 0 Å². The Kier molecular flexibility index (Phi) is 5.53. The second-order valence-electron chi connectivity index (χ2n) is 6.84. The van der Waals surface area contributed by atoms with E-state index in [9.17, 15) is 35.9 Å². The Morgan fingerprint density at radius 3 is 2.03 bits per heavy atom. The Hall–Kier alpha value is -3.04. The first-order chi connectivity index (χ1) is 13.9. The van der Waals surface area contributed by atoms with Crippen molar-refractivity contribution in [1.82, 2.24) is 0 Å². The molecule has 0 N–H and O–H groups in total. The van der Waals surface area contributed by atoms with Crippen molar-refractivity contribution < 1.29 is 35.9 Å². The van der Waals surface area contributed by atoms with Crippen LogP contribution in [0.15, 0.2) is 54.6 Å². The number of nitrogens with zero attached hydrogens (tertiary/aromatic N) is 2. The van der Waals surface area contributed by atoms with Gasteiger partial charge in [-0.2, -0.15) is 26.3 Å². The van der Waals surface area contributed by atoms with Gasteiger partial charge in [-0.15, -0.1) is 0 Å². The zero-order chi connectivity index (χ0) is 22.3. The molecule has 3 rings (SSSR count). The lowest BCUT2D eigenvalue weighted by atomic mass is 9.89. The molecule has 0 spiro atoms. The third-order valence-corrected chi connectivity index (χ3v) is 4.83. The molecule has 0 fully saturated rings. The van der Waals surface area contributed by atoms with Gasteiger partial charge in [-0.05, 0) is 37.1 Å². The molecule has 0 saturated carbocycles. The number of carbonyl (C=O) groups is 2. The van der Waals surface area contributed by atoms with Crippen LogP contribution in [0.4, 0.5) is 37.7 Å². The molecule has 0 aliphatic carbocycles. The number of halogens is 6. The van der Waals surface area contributed by atoms with Crippen molar-refractivity contribution in [2.75, 3.05) is 9.80 Å². The molecule has 2 atom stereocenters. The second kappa shape index (κ2) is 7.66. The summed E-state index contributed by atoms with van der Waals surface area (Å²) in [5, 5.41) is 0. The van der Waals surface area contributed by atoms with Crippen LogP contribution in [-0.2, 0) is 9.59 Å². The van der Waals surface area contributed by atoms with Gasteiger partial charge < -0.3 is 4.90 Å². The van der Waals surface area contributed by atoms with Crippen molar-refractivity contribution in [3.05, 3.63) is 60.2 Å². The maximum absolute atomic E-state index is 13.4. The third kappa shape index (κ3) is 3.99. The van der Waals surface area contributed by atoms with Crippen LogP contribution in [0.25, 0.3) is 0 Å². The molecule has 2 aromatic carbocycles. The van der Waals surface area contributed by atoms with Crippen LogP contribution in [0, 0.1) is 0 Å². The molecule has 4 nitrogen and oxygen atoms in total. The number of amides is 2. The fourth-order valence-corrected chi connectivity index (χ4v) is 3.64. The molecule has 10 heteroatoms. The molecule has 1 aliphatic heterocycles. The fraction of sp³-hybridized carbons (Fsp3) is 0.300. The van der Waals surface area contributed by atoms with E-state index < -0.39 is 36.3 Å². The normalized spacial score (nSPS) is 19.2. The Morgan fingerprint density at radius 1 is 0.900 bits per heavy atom. The Bertz CT molecular complexity index is 942. The number of carbonyl (C=O) groups excluding carboxylic acids is 2. The maximum atomic E-state index is 13.4. The van der Waals surface area contributed by atoms with E-state index in [1.165, 1.54) is 55.5 Å². The Morgan fingerprint density at radius 2 is 1.47 bits per heavy atom. The van der Waals surface area contributed by atoms with Crippen LogP contribution in [0.2, 0.25) is 0 Å². The number of alkyl halides is 6. The van der Waals surface area contributed by atoms with Crippen molar-refractivity contribution in [1.29, 1.82) is 0 Å². The van der Waals surface area contributed by atoms with E-state index in [0.29, 0.717) is 9.80 Å². The van der Waals surface area contributed by atoms with Gasteiger partial charge in [0.2, 0.25) is 0 Å². The van der Waals surface area contributed by atoms with E-state index in [1.807, 2.05) is 0 Å². The molecule has 0 radical (unpaired) electrons. The van der Waals surface area contributed by atoms with Crippen LogP contribution < -0.4 is 9.80 Å².